The van der Waals surface area contributed by atoms with Crippen LogP contribution in [0.3, 0.4) is 0 Å². The lowest BCUT2D eigenvalue weighted by Gasteiger charge is -2.60. The van der Waals surface area contributed by atoms with E-state index in [1.807, 2.05) is 13.0 Å². The molecule has 1 heterocycles. The number of anilines is 1. The summed E-state index contributed by atoms with van der Waals surface area (Å²) in [6.07, 6.45) is 7.32. The Labute approximate surface area is 202 Å². The number of hydrogen-bond acceptors (Lipinski definition) is 4. The van der Waals surface area contributed by atoms with E-state index in [1.165, 1.54) is 0 Å². The lowest BCUT2D eigenvalue weighted by atomic mass is 9.45. The first-order chi connectivity index (χ1) is 16.0. The molecule has 5 atom stereocenters. The number of aromatic nitrogens is 1. The summed E-state index contributed by atoms with van der Waals surface area (Å²) in [5.41, 5.74) is 1.95. The maximum absolute atomic E-state index is 14.1. The van der Waals surface area contributed by atoms with E-state index in [4.69, 9.17) is 0 Å². The molecule has 0 radical (unpaired) electrons. The molecule has 2 aliphatic carbocycles. The topological polar surface area (TPSA) is 91.3 Å². The van der Waals surface area contributed by atoms with Crippen LogP contribution in [0.5, 0.6) is 5.75 Å². The molecular formula is C28H37N3O3. The normalized spacial score (nSPS) is 30.1. The number of urea groups is 1. The highest BCUT2D eigenvalue weighted by Crippen LogP contribution is 2.61. The highest BCUT2D eigenvalue weighted by molar-refractivity contribution is 5.99. The molecule has 2 aromatic rings. The van der Waals surface area contributed by atoms with E-state index in [0.717, 1.165) is 31.2 Å². The van der Waals surface area contributed by atoms with Crippen molar-refractivity contribution in [1.29, 1.82) is 0 Å². The largest absolute Gasteiger partial charge is 0.508 e. The zero-order valence-corrected chi connectivity index (χ0v) is 20.9. The number of phenols is 1. The summed E-state index contributed by atoms with van der Waals surface area (Å²) in [5.74, 6) is 0.167. The number of nitrogens with one attached hydrogen (secondary N) is 2. The smallest absolute Gasteiger partial charge is 0.319 e. The third kappa shape index (κ3) is 4.55. The lowest BCUT2D eigenvalue weighted by Crippen LogP contribution is -2.61. The van der Waals surface area contributed by atoms with Gasteiger partial charge in [-0.1, -0.05) is 34.1 Å². The fraction of sp³-hybridized carbons (Fsp3) is 0.536. The van der Waals surface area contributed by atoms with Gasteiger partial charge in [0.05, 0.1) is 11.9 Å². The third-order valence-corrected chi connectivity index (χ3v) is 8.50. The van der Waals surface area contributed by atoms with Gasteiger partial charge in [-0.2, -0.15) is 0 Å². The Morgan fingerprint density at radius 2 is 1.91 bits per heavy atom. The van der Waals surface area contributed by atoms with Crippen molar-refractivity contribution in [3.05, 3.63) is 53.9 Å². The van der Waals surface area contributed by atoms with Gasteiger partial charge < -0.3 is 15.7 Å². The summed E-state index contributed by atoms with van der Waals surface area (Å²) < 4.78 is 0. The molecule has 0 spiro atoms. The Morgan fingerprint density at radius 3 is 2.59 bits per heavy atom. The van der Waals surface area contributed by atoms with E-state index in [1.54, 1.807) is 36.7 Å². The molecule has 1 aromatic carbocycles. The second kappa shape index (κ2) is 9.05. The van der Waals surface area contributed by atoms with Crippen LogP contribution < -0.4 is 10.6 Å². The second-order valence-electron chi connectivity index (χ2n) is 11.3. The fourth-order valence-corrected chi connectivity index (χ4v) is 7.01. The summed E-state index contributed by atoms with van der Waals surface area (Å²) in [6.45, 7) is 10.9. The summed E-state index contributed by atoms with van der Waals surface area (Å²) in [6, 6.07) is 8.28. The van der Waals surface area contributed by atoms with Gasteiger partial charge in [0.25, 0.3) is 0 Å². The molecule has 2 amide bonds. The molecule has 2 fully saturated rings. The average Bonchev–Trinajstić information content (AvgIpc) is 2.74. The molecule has 182 valence electrons. The molecule has 3 N–H and O–H groups in total. The standard InChI is InChI=1S/C28H37N3O3/c1-17-12-19(14-21(32)13-17)25(33)24-18(2)22(31-26(34)30-20-8-6-11-29-16-20)15-23-27(3,4)9-7-10-28(23,24)5/h6,8,11-14,16,18,22-24,32H,7,9-10,15H2,1-5H3,(H2,30,31,34). The molecule has 6 nitrogen and oxygen atoms in total. The van der Waals surface area contributed by atoms with Crippen molar-refractivity contribution < 1.29 is 14.7 Å². The molecule has 0 aliphatic heterocycles. The van der Waals surface area contributed by atoms with E-state index in [0.29, 0.717) is 17.2 Å². The fourth-order valence-electron chi connectivity index (χ4n) is 7.01. The second-order valence-corrected chi connectivity index (χ2v) is 11.3. The Balaban J connectivity index is 1.67. The van der Waals surface area contributed by atoms with Crippen molar-refractivity contribution in [3.63, 3.8) is 0 Å². The average molecular weight is 464 g/mol. The number of nitrogens with zero attached hydrogens (tertiary/aromatic N) is 1. The monoisotopic (exact) mass is 463 g/mol. The zero-order valence-electron chi connectivity index (χ0n) is 20.9. The third-order valence-electron chi connectivity index (χ3n) is 8.50. The van der Waals surface area contributed by atoms with Gasteiger partial charge in [0.1, 0.15) is 5.75 Å². The van der Waals surface area contributed by atoms with Crippen LogP contribution in [0.25, 0.3) is 0 Å². The van der Waals surface area contributed by atoms with E-state index in [9.17, 15) is 14.7 Å². The van der Waals surface area contributed by atoms with Crippen LogP contribution in [0.4, 0.5) is 10.5 Å². The molecular weight excluding hydrogens is 426 g/mol. The number of ketones is 1. The van der Waals surface area contributed by atoms with E-state index in [2.05, 4.69) is 43.3 Å². The predicted molar refractivity (Wildman–Crippen MR) is 134 cm³/mol. The van der Waals surface area contributed by atoms with Crippen LogP contribution in [-0.4, -0.2) is 27.9 Å². The number of carbonyl (C=O) groups is 2. The maximum atomic E-state index is 14.1. The van der Waals surface area contributed by atoms with Gasteiger partial charge in [0, 0.05) is 23.7 Å². The first-order valence-corrected chi connectivity index (χ1v) is 12.3. The van der Waals surface area contributed by atoms with Crippen molar-refractivity contribution in [2.75, 3.05) is 5.32 Å². The minimum Gasteiger partial charge on any atom is -0.508 e. The van der Waals surface area contributed by atoms with Gasteiger partial charge in [-0.3, -0.25) is 9.78 Å². The molecule has 34 heavy (non-hydrogen) atoms. The Kier molecular flexibility index (Phi) is 6.45. The van der Waals surface area contributed by atoms with Gasteiger partial charge in [0.2, 0.25) is 0 Å². The van der Waals surface area contributed by atoms with Gasteiger partial charge in [-0.05, 0) is 84.7 Å². The van der Waals surface area contributed by atoms with Crippen molar-refractivity contribution >= 4 is 17.5 Å². The highest BCUT2D eigenvalue weighted by atomic mass is 16.3. The molecule has 0 bridgehead atoms. The van der Waals surface area contributed by atoms with Gasteiger partial charge in [-0.15, -0.1) is 0 Å². The molecule has 5 unspecified atom stereocenters. The quantitative estimate of drug-likeness (QED) is 0.488. The number of amides is 2. The van der Waals surface area contributed by atoms with Crippen molar-refractivity contribution in [2.24, 2.45) is 28.6 Å². The molecule has 6 heteroatoms. The maximum Gasteiger partial charge on any atom is 0.319 e. The number of carbonyl (C=O) groups excluding carboxylic acids is 2. The van der Waals surface area contributed by atoms with Crippen LogP contribution in [0.15, 0.2) is 42.7 Å². The molecule has 4 rings (SSSR count). The Morgan fingerprint density at radius 1 is 1.15 bits per heavy atom. The molecule has 2 saturated carbocycles. The SMILES string of the molecule is Cc1cc(O)cc(C(=O)C2C(C)C(NC(=O)Nc3cccnc3)CC3C(C)(C)CCCC23C)c1. The van der Waals surface area contributed by atoms with Crippen molar-refractivity contribution in [3.8, 4) is 5.75 Å². The number of pyridine rings is 1. The molecule has 2 aliphatic rings. The summed E-state index contributed by atoms with van der Waals surface area (Å²) in [7, 11) is 0. The van der Waals surface area contributed by atoms with Crippen molar-refractivity contribution in [2.45, 2.75) is 66.3 Å². The zero-order chi connectivity index (χ0) is 24.7. The Bertz CT molecular complexity index is 1050. The summed E-state index contributed by atoms with van der Waals surface area (Å²) >= 11 is 0. The lowest BCUT2D eigenvalue weighted by molar-refractivity contribution is -0.0897. The number of Topliss-reactive ketones (excluding diaryl/α,β-unsaturated/α-hetero) is 1. The van der Waals surface area contributed by atoms with Gasteiger partial charge in [0.15, 0.2) is 5.78 Å². The van der Waals surface area contributed by atoms with Gasteiger partial charge >= 0.3 is 6.03 Å². The van der Waals surface area contributed by atoms with Gasteiger partial charge in [-0.25, -0.2) is 4.79 Å². The Hall–Kier alpha value is -2.89. The number of fused-ring (bicyclic) bond motifs is 1. The number of hydrogen-bond donors (Lipinski definition) is 3. The number of aryl methyl sites for hydroxylation is 1. The van der Waals surface area contributed by atoms with Crippen LogP contribution >= 0.6 is 0 Å². The molecule has 1 aromatic heterocycles. The van der Waals surface area contributed by atoms with Crippen LogP contribution in [0.1, 0.15) is 69.3 Å². The first-order valence-electron chi connectivity index (χ1n) is 12.3. The van der Waals surface area contributed by atoms with E-state index < -0.39 is 0 Å². The van der Waals surface area contributed by atoms with E-state index in [-0.39, 0.29) is 46.3 Å². The predicted octanol–water partition coefficient (Wildman–Crippen LogP) is 5.96. The van der Waals surface area contributed by atoms with Crippen LogP contribution in [-0.2, 0) is 0 Å². The number of benzene rings is 1. The summed E-state index contributed by atoms with van der Waals surface area (Å²) in [4.78, 5) is 31.0. The van der Waals surface area contributed by atoms with Crippen molar-refractivity contribution in [1.82, 2.24) is 10.3 Å². The number of phenolic OH excluding ortho intramolecular Hbond substituents is 1. The minimum atomic E-state index is -0.276. The minimum absolute atomic E-state index is 0.0510. The number of aromatic hydroxyl groups is 1. The molecule has 0 saturated heterocycles. The first kappa shape index (κ1) is 24.2. The summed E-state index contributed by atoms with van der Waals surface area (Å²) in [5, 5.41) is 16.2. The van der Waals surface area contributed by atoms with E-state index >= 15 is 0 Å². The number of rotatable bonds is 4. The van der Waals surface area contributed by atoms with Crippen LogP contribution in [0, 0.1) is 35.5 Å². The highest BCUT2D eigenvalue weighted by Gasteiger charge is 2.58. The van der Waals surface area contributed by atoms with Crippen LogP contribution in [0.2, 0.25) is 0 Å².